The van der Waals surface area contributed by atoms with Gasteiger partial charge in [0.25, 0.3) is 5.91 Å². The van der Waals surface area contributed by atoms with Crippen molar-refractivity contribution in [2.45, 2.75) is 37.6 Å². The first kappa shape index (κ1) is 16.5. The number of piperidine rings is 1. The lowest BCUT2D eigenvalue weighted by atomic mass is 10.1. The Morgan fingerprint density at radius 3 is 2.64 bits per heavy atom. The van der Waals surface area contributed by atoms with Crippen molar-refractivity contribution in [3.05, 3.63) is 27.4 Å². The highest BCUT2D eigenvalue weighted by Gasteiger charge is 2.29. The Balaban J connectivity index is 1.24. The number of amides is 3. The second-order valence-electron chi connectivity index (χ2n) is 6.40. The Morgan fingerprint density at radius 1 is 1.16 bits per heavy atom. The van der Waals surface area contributed by atoms with Gasteiger partial charge in [0.05, 0.1) is 0 Å². The molecule has 7 nitrogen and oxygen atoms in total. The van der Waals surface area contributed by atoms with E-state index in [4.69, 9.17) is 0 Å². The van der Waals surface area contributed by atoms with Gasteiger partial charge in [-0.1, -0.05) is 11.3 Å². The zero-order chi connectivity index (χ0) is 17.2. The van der Waals surface area contributed by atoms with Crippen LogP contribution in [0, 0.1) is 0 Å². The van der Waals surface area contributed by atoms with Crippen molar-refractivity contribution in [3.63, 3.8) is 0 Å². The number of nitrogens with one attached hydrogen (secondary N) is 2. The molecule has 1 saturated heterocycles. The Kier molecular flexibility index (Phi) is 4.67. The number of hydrogen-bond acceptors (Lipinski definition) is 6. The van der Waals surface area contributed by atoms with E-state index in [-0.39, 0.29) is 18.0 Å². The minimum atomic E-state index is -0.138. The maximum absolute atomic E-state index is 12.3. The predicted molar refractivity (Wildman–Crippen MR) is 97.3 cm³/mol. The van der Waals surface area contributed by atoms with Crippen molar-refractivity contribution >= 4 is 39.7 Å². The summed E-state index contributed by atoms with van der Waals surface area (Å²) in [5, 5.41) is 19.4. The molecule has 9 heteroatoms. The number of aromatic nitrogens is 2. The number of nitrogens with zero attached hydrogens (tertiary/aromatic N) is 3. The zero-order valence-corrected chi connectivity index (χ0v) is 15.2. The van der Waals surface area contributed by atoms with Crippen LogP contribution in [0.25, 0.3) is 0 Å². The van der Waals surface area contributed by atoms with Crippen LogP contribution in [0.5, 0.6) is 0 Å². The van der Waals surface area contributed by atoms with E-state index in [0.717, 1.165) is 17.8 Å². The molecule has 2 aliphatic rings. The molecule has 2 aromatic rings. The summed E-state index contributed by atoms with van der Waals surface area (Å²) in [6, 6.07) is 1.79. The zero-order valence-electron chi connectivity index (χ0n) is 13.6. The molecular weight excluding hydrogens is 358 g/mol. The number of carbonyl (C=O) groups excluding carboxylic acids is 2. The molecule has 0 atom stereocenters. The molecule has 4 rings (SSSR count). The topological polar surface area (TPSA) is 87.2 Å². The molecule has 1 aliphatic carbocycles. The minimum Gasteiger partial charge on any atom is -0.349 e. The highest BCUT2D eigenvalue weighted by atomic mass is 32.1. The lowest BCUT2D eigenvalue weighted by Gasteiger charge is -2.32. The first-order valence-electron chi connectivity index (χ1n) is 8.41. The van der Waals surface area contributed by atoms with Gasteiger partial charge >= 0.3 is 6.03 Å². The smallest absolute Gasteiger partial charge is 0.323 e. The van der Waals surface area contributed by atoms with Gasteiger partial charge in [0.2, 0.25) is 5.13 Å². The van der Waals surface area contributed by atoms with E-state index in [0.29, 0.717) is 29.7 Å². The summed E-state index contributed by atoms with van der Waals surface area (Å²) < 4.78 is 0. The first-order chi connectivity index (χ1) is 12.2. The Hall–Kier alpha value is -2.00. The maximum Gasteiger partial charge on any atom is 0.323 e. The summed E-state index contributed by atoms with van der Waals surface area (Å²) in [6.45, 7) is 1.24. The largest absolute Gasteiger partial charge is 0.349 e. The van der Waals surface area contributed by atoms with Crippen LogP contribution in [0.4, 0.5) is 9.93 Å². The molecule has 1 aliphatic heterocycles. The van der Waals surface area contributed by atoms with E-state index in [9.17, 15) is 9.59 Å². The fourth-order valence-corrected chi connectivity index (χ4v) is 4.38. The quantitative estimate of drug-likeness (QED) is 0.858. The summed E-state index contributed by atoms with van der Waals surface area (Å²) in [7, 11) is 0. The molecule has 2 fully saturated rings. The highest BCUT2D eigenvalue weighted by Crippen LogP contribution is 2.42. The standard InChI is InChI=1S/C16H19N5O2S2/c22-13(11-5-8-24-9-11)17-12-3-6-21(7-4-12)16(23)18-15-20-19-14(25-15)10-1-2-10/h5,8-10,12H,1-4,6-7H2,(H,17,22)(H,18,20,23). The molecule has 0 unspecified atom stereocenters. The van der Waals surface area contributed by atoms with E-state index in [2.05, 4.69) is 20.8 Å². The van der Waals surface area contributed by atoms with Crippen LogP contribution in [0.1, 0.15) is 47.0 Å². The summed E-state index contributed by atoms with van der Waals surface area (Å²) in [5.41, 5.74) is 0.702. The monoisotopic (exact) mass is 377 g/mol. The van der Waals surface area contributed by atoms with Gasteiger partial charge in [-0.15, -0.1) is 10.2 Å². The molecule has 1 saturated carbocycles. The van der Waals surface area contributed by atoms with E-state index in [1.165, 1.54) is 35.5 Å². The number of carbonyl (C=O) groups is 2. The molecular formula is C16H19N5O2S2. The number of likely N-dealkylation sites (tertiary alicyclic amines) is 1. The Labute approximate surface area is 153 Å². The number of thiophene rings is 1. The van der Waals surface area contributed by atoms with Crippen LogP contribution in [0.2, 0.25) is 0 Å². The van der Waals surface area contributed by atoms with E-state index >= 15 is 0 Å². The molecule has 2 N–H and O–H groups in total. The Morgan fingerprint density at radius 2 is 1.96 bits per heavy atom. The van der Waals surface area contributed by atoms with E-state index < -0.39 is 0 Å². The molecule has 0 radical (unpaired) electrons. The molecule has 3 amide bonds. The van der Waals surface area contributed by atoms with Crippen molar-refractivity contribution in [2.24, 2.45) is 0 Å². The van der Waals surface area contributed by atoms with E-state index in [1.54, 1.807) is 4.90 Å². The lowest BCUT2D eigenvalue weighted by molar-refractivity contribution is 0.0919. The van der Waals surface area contributed by atoms with Crippen molar-refractivity contribution in [2.75, 3.05) is 18.4 Å². The Bertz CT molecular complexity index is 748. The second kappa shape index (κ2) is 7.09. The molecule has 0 aromatic carbocycles. The summed E-state index contributed by atoms with van der Waals surface area (Å²) in [6.07, 6.45) is 3.86. The SMILES string of the molecule is O=C(NC1CCN(C(=O)Nc2nnc(C3CC3)s2)CC1)c1ccsc1. The van der Waals surface area contributed by atoms with Crippen molar-refractivity contribution < 1.29 is 9.59 Å². The van der Waals surface area contributed by atoms with Crippen LogP contribution in [0.15, 0.2) is 16.8 Å². The van der Waals surface area contributed by atoms with Crippen molar-refractivity contribution in [3.8, 4) is 0 Å². The van der Waals surface area contributed by atoms with Gasteiger partial charge in [-0.05, 0) is 37.1 Å². The number of hydrogen-bond donors (Lipinski definition) is 2. The third-order valence-electron chi connectivity index (χ3n) is 4.48. The normalized spacial score (nSPS) is 18.2. The molecule has 2 aromatic heterocycles. The summed E-state index contributed by atoms with van der Waals surface area (Å²) in [4.78, 5) is 26.2. The number of anilines is 1. The average molecular weight is 377 g/mol. The lowest BCUT2D eigenvalue weighted by Crippen LogP contribution is -2.47. The van der Waals surface area contributed by atoms with Gasteiger partial charge in [0.15, 0.2) is 0 Å². The summed E-state index contributed by atoms with van der Waals surface area (Å²) >= 11 is 2.98. The van der Waals surface area contributed by atoms with Crippen LogP contribution < -0.4 is 10.6 Å². The van der Waals surface area contributed by atoms with Crippen LogP contribution in [-0.2, 0) is 0 Å². The number of rotatable bonds is 4. The number of urea groups is 1. The molecule has 3 heterocycles. The van der Waals surface area contributed by atoms with Gasteiger partial charge in [-0.25, -0.2) is 4.79 Å². The third-order valence-corrected chi connectivity index (χ3v) is 6.17. The van der Waals surface area contributed by atoms with Crippen molar-refractivity contribution in [1.82, 2.24) is 20.4 Å². The maximum atomic E-state index is 12.3. The summed E-state index contributed by atoms with van der Waals surface area (Å²) in [5.74, 6) is 0.511. The highest BCUT2D eigenvalue weighted by molar-refractivity contribution is 7.15. The predicted octanol–water partition coefficient (Wildman–Crippen LogP) is 2.90. The van der Waals surface area contributed by atoms with Crippen molar-refractivity contribution in [1.29, 1.82) is 0 Å². The van der Waals surface area contributed by atoms with Crippen LogP contribution in [-0.4, -0.2) is 46.2 Å². The van der Waals surface area contributed by atoms with Gasteiger partial charge < -0.3 is 10.2 Å². The van der Waals surface area contributed by atoms with Gasteiger partial charge in [0.1, 0.15) is 5.01 Å². The molecule has 132 valence electrons. The van der Waals surface area contributed by atoms with Crippen LogP contribution >= 0.6 is 22.7 Å². The van der Waals surface area contributed by atoms with Gasteiger partial charge in [-0.3, -0.25) is 10.1 Å². The molecule has 25 heavy (non-hydrogen) atoms. The van der Waals surface area contributed by atoms with Gasteiger partial charge in [-0.2, -0.15) is 11.3 Å². The first-order valence-corrected chi connectivity index (χ1v) is 10.2. The van der Waals surface area contributed by atoms with Gasteiger partial charge in [0, 0.05) is 36.0 Å². The third kappa shape index (κ3) is 3.98. The fourth-order valence-electron chi connectivity index (χ4n) is 2.84. The molecule has 0 spiro atoms. The second-order valence-corrected chi connectivity index (χ2v) is 8.19. The average Bonchev–Trinajstić information content (AvgIpc) is 3.12. The van der Waals surface area contributed by atoms with E-state index in [1.807, 2.05) is 16.8 Å². The fraction of sp³-hybridized carbons (Fsp3) is 0.500. The minimum absolute atomic E-state index is 0.0365. The van der Waals surface area contributed by atoms with Crippen LogP contribution in [0.3, 0.4) is 0 Å². The molecule has 0 bridgehead atoms.